The highest BCUT2D eigenvalue weighted by Crippen LogP contribution is 2.30. The summed E-state index contributed by atoms with van der Waals surface area (Å²) >= 11 is 6.33. The molecular formula is C17H25ClN2O. The molecule has 4 heteroatoms. The molecule has 1 aromatic carbocycles. The van der Waals surface area contributed by atoms with E-state index in [2.05, 4.69) is 23.2 Å². The van der Waals surface area contributed by atoms with Crippen molar-refractivity contribution in [2.45, 2.75) is 31.9 Å². The molecule has 0 saturated carbocycles. The first-order valence-corrected chi connectivity index (χ1v) is 8.42. The lowest BCUT2D eigenvalue weighted by molar-refractivity contribution is -0.0656. The zero-order valence-corrected chi connectivity index (χ0v) is 13.5. The average Bonchev–Trinajstić information content (AvgIpc) is 2.51. The Hall–Kier alpha value is -0.610. The Bertz CT molecular complexity index is 462. The second-order valence-electron chi connectivity index (χ2n) is 6.34. The molecule has 0 bridgehead atoms. The van der Waals surface area contributed by atoms with E-state index in [1.165, 1.54) is 19.4 Å². The zero-order valence-electron chi connectivity index (χ0n) is 12.7. The van der Waals surface area contributed by atoms with Crippen LogP contribution in [0.4, 0.5) is 0 Å². The van der Waals surface area contributed by atoms with Crippen molar-refractivity contribution < 1.29 is 4.74 Å². The highest BCUT2D eigenvalue weighted by atomic mass is 35.5. The molecule has 2 heterocycles. The van der Waals surface area contributed by atoms with Gasteiger partial charge >= 0.3 is 0 Å². The van der Waals surface area contributed by atoms with Crippen molar-refractivity contribution >= 4 is 11.6 Å². The van der Waals surface area contributed by atoms with Crippen LogP contribution < -0.4 is 5.32 Å². The fraction of sp³-hybridized carbons (Fsp3) is 0.647. The first-order valence-electron chi connectivity index (χ1n) is 8.05. The van der Waals surface area contributed by atoms with Gasteiger partial charge in [0, 0.05) is 29.7 Å². The van der Waals surface area contributed by atoms with Crippen molar-refractivity contribution in [1.29, 1.82) is 0 Å². The molecule has 2 aliphatic rings. The summed E-state index contributed by atoms with van der Waals surface area (Å²) in [6, 6.07) is 8.56. The number of hydrogen-bond donors (Lipinski definition) is 1. The summed E-state index contributed by atoms with van der Waals surface area (Å²) in [7, 11) is 0. The van der Waals surface area contributed by atoms with Crippen molar-refractivity contribution in [3.05, 3.63) is 34.9 Å². The molecular weight excluding hydrogens is 284 g/mol. The summed E-state index contributed by atoms with van der Waals surface area (Å²) in [5, 5.41) is 4.26. The quantitative estimate of drug-likeness (QED) is 0.928. The largest absolute Gasteiger partial charge is 0.371 e. The SMILES string of the molecule is CC1COC(c2ccccc2Cl)CN1CC1CCNCC1. The van der Waals surface area contributed by atoms with Crippen LogP contribution in [0.3, 0.4) is 0 Å². The third-order valence-corrected chi connectivity index (χ3v) is 5.11. The van der Waals surface area contributed by atoms with Gasteiger partial charge in [-0.05, 0) is 44.8 Å². The number of ether oxygens (including phenoxy) is 1. The molecule has 1 N–H and O–H groups in total. The van der Waals surface area contributed by atoms with Gasteiger partial charge < -0.3 is 10.1 Å². The van der Waals surface area contributed by atoms with Gasteiger partial charge in [-0.1, -0.05) is 29.8 Å². The maximum Gasteiger partial charge on any atom is 0.0967 e. The molecule has 0 aromatic heterocycles. The number of nitrogens with zero attached hydrogens (tertiary/aromatic N) is 1. The molecule has 3 rings (SSSR count). The van der Waals surface area contributed by atoms with E-state index in [1.54, 1.807) is 0 Å². The Morgan fingerprint density at radius 3 is 2.81 bits per heavy atom. The second-order valence-corrected chi connectivity index (χ2v) is 6.75. The number of morpholine rings is 1. The minimum Gasteiger partial charge on any atom is -0.371 e. The summed E-state index contributed by atoms with van der Waals surface area (Å²) in [5.74, 6) is 0.818. The van der Waals surface area contributed by atoms with Gasteiger partial charge in [-0.3, -0.25) is 4.90 Å². The first-order chi connectivity index (χ1) is 10.2. The van der Waals surface area contributed by atoms with E-state index in [4.69, 9.17) is 16.3 Å². The molecule has 0 spiro atoms. The number of halogens is 1. The van der Waals surface area contributed by atoms with E-state index >= 15 is 0 Å². The van der Waals surface area contributed by atoms with Gasteiger partial charge in [-0.2, -0.15) is 0 Å². The first kappa shape index (κ1) is 15.3. The van der Waals surface area contributed by atoms with E-state index in [0.29, 0.717) is 6.04 Å². The van der Waals surface area contributed by atoms with Gasteiger partial charge in [0.05, 0.1) is 12.7 Å². The predicted octanol–water partition coefficient (Wildman–Crippen LogP) is 3.10. The number of benzene rings is 1. The molecule has 21 heavy (non-hydrogen) atoms. The van der Waals surface area contributed by atoms with Crippen molar-refractivity contribution in [3.63, 3.8) is 0 Å². The topological polar surface area (TPSA) is 24.5 Å². The lowest BCUT2D eigenvalue weighted by Gasteiger charge is -2.40. The van der Waals surface area contributed by atoms with Gasteiger partial charge in [0.15, 0.2) is 0 Å². The van der Waals surface area contributed by atoms with Crippen LogP contribution in [0.2, 0.25) is 5.02 Å². The van der Waals surface area contributed by atoms with E-state index < -0.39 is 0 Å². The number of piperidine rings is 1. The Morgan fingerprint density at radius 2 is 2.05 bits per heavy atom. The van der Waals surface area contributed by atoms with Gasteiger partial charge in [-0.25, -0.2) is 0 Å². The van der Waals surface area contributed by atoms with Gasteiger partial charge in [0.2, 0.25) is 0 Å². The Labute approximate surface area is 132 Å². The zero-order chi connectivity index (χ0) is 14.7. The summed E-state index contributed by atoms with van der Waals surface area (Å²) in [6.45, 7) is 7.53. The normalized spacial score (nSPS) is 28.7. The molecule has 1 aromatic rings. The number of rotatable bonds is 3. The molecule has 2 saturated heterocycles. The average molecular weight is 309 g/mol. The third-order valence-electron chi connectivity index (χ3n) is 4.77. The van der Waals surface area contributed by atoms with Crippen LogP contribution >= 0.6 is 11.6 Å². The Balaban J connectivity index is 1.65. The Morgan fingerprint density at radius 1 is 1.29 bits per heavy atom. The summed E-state index contributed by atoms with van der Waals surface area (Å²) in [6.07, 6.45) is 2.69. The van der Waals surface area contributed by atoms with E-state index in [0.717, 1.165) is 42.7 Å². The van der Waals surface area contributed by atoms with Crippen molar-refractivity contribution in [1.82, 2.24) is 10.2 Å². The van der Waals surface area contributed by atoms with Crippen LogP contribution in [0, 0.1) is 5.92 Å². The van der Waals surface area contributed by atoms with Crippen LogP contribution in [0.1, 0.15) is 31.4 Å². The van der Waals surface area contributed by atoms with Crippen molar-refractivity contribution in [2.24, 2.45) is 5.92 Å². The molecule has 2 fully saturated rings. The molecule has 2 unspecified atom stereocenters. The summed E-state index contributed by atoms with van der Waals surface area (Å²) in [5.41, 5.74) is 1.13. The molecule has 2 atom stereocenters. The molecule has 0 amide bonds. The lowest BCUT2D eigenvalue weighted by Crippen LogP contribution is -2.48. The minimum atomic E-state index is 0.108. The van der Waals surface area contributed by atoms with Crippen LogP contribution in [-0.2, 0) is 4.74 Å². The molecule has 2 aliphatic heterocycles. The molecule has 3 nitrogen and oxygen atoms in total. The van der Waals surface area contributed by atoms with Crippen molar-refractivity contribution in [2.75, 3.05) is 32.8 Å². The Kier molecular flexibility index (Phi) is 5.17. The fourth-order valence-corrected chi connectivity index (χ4v) is 3.64. The number of nitrogens with one attached hydrogen (secondary N) is 1. The summed E-state index contributed by atoms with van der Waals surface area (Å²) in [4.78, 5) is 2.59. The minimum absolute atomic E-state index is 0.108. The molecule has 0 aliphatic carbocycles. The predicted molar refractivity (Wildman–Crippen MR) is 86.8 cm³/mol. The van der Waals surface area contributed by atoms with E-state index in [1.807, 2.05) is 18.2 Å². The van der Waals surface area contributed by atoms with Crippen LogP contribution in [0.15, 0.2) is 24.3 Å². The lowest BCUT2D eigenvalue weighted by atomic mass is 9.96. The molecule has 116 valence electrons. The monoisotopic (exact) mass is 308 g/mol. The van der Waals surface area contributed by atoms with E-state index in [-0.39, 0.29) is 6.10 Å². The highest BCUT2D eigenvalue weighted by molar-refractivity contribution is 6.31. The standard InChI is InChI=1S/C17H25ClN2O/c1-13-12-21-17(15-4-2-3-5-16(15)18)11-20(13)10-14-6-8-19-9-7-14/h2-5,13-14,17,19H,6-12H2,1H3. The van der Waals surface area contributed by atoms with Crippen molar-refractivity contribution in [3.8, 4) is 0 Å². The van der Waals surface area contributed by atoms with Crippen LogP contribution in [-0.4, -0.2) is 43.7 Å². The third kappa shape index (κ3) is 3.78. The number of hydrogen-bond acceptors (Lipinski definition) is 3. The smallest absolute Gasteiger partial charge is 0.0967 e. The van der Waals surface area contributed by atoms with Crippen LogP contribution in [0.25, 0.3) is 0 Å². The summed E-state index contributed by atoms with van der Waals surface area (Å²) < 4.78 is 6.04. The molecule has 0 radical (unpaired) electrons. The van der Waals surface area contributed by atoms with Gasteiger partial charge in [0.1, 0.15) is 0 Å². The highest BCUT2D eigenvalue weighted by Gasteiger charge is 2.30. The van der Waals surface area contributed by atoms with E-state index in [9.17, 15) is 0 Å². The van der Waals surface area contributed by atoms with Gasteiger partial charge in [0.25, 0.3) is 0 Å². The fourth-order valence-electron chi connectivity index (χ4n) is 3.38. The second kappa shape index (κ2) is 7.10. The van der Waals surface area contributed by atoms with Crippen LogP contribution in [0.5, 0.6) is 0 Å². The van der Waals surface area contributed by atoms with Gasteiger partial charge in [-0.15, -0.1) is 0 Å². The maximum absolute atomic E-state index is 6.33. The maximum atomic E-state index is 6.33.